The molecule has 0 aliphatic carbocycles. The van der Waals surface area contributed by atoms with Crippen LogP contribution in [0.1, 0.15) is 19.8 Å². The van der Waals surface area contributed by atoms with E-state index in [4.69, 9.17) is 16.6 Å². The van der Waals surface area contributed by atoms with Crippen LogP contribution in [0.25, 0.3) is 11.0 Å². The van der Waals surface area contributed by atoms with Gasteiger partial charge in [-0.05, 0) is 57.2 Å². The topological polar surface area (TPSA) is 92.4 Å². The second-order valence-electron chi connectivity index (χ2n) is 9.49. The van der Waals surface area contributed by atoms with E-state index >= 15 is 0 Å². The Morgan fingerprint density at radius 1 is 1.14 bits per heavy atom. The number of nitrogens with one attached hydrogen (secondary N) is 3. The fourth-order valence-electron chi connectivity index (χ4n) is 4.84. The van der Waals surface area contributed by atoms with E-state index in [9.17, 15) is 4.79 Å². The van der Waals surface area contributed by atoms with Crippen LogP contribution in [-0.2, 0) is 4.79 Å². The standard InChI is InChI=1S/C26H33ClN8O/c1-3-5-22(36)35-11-4-6-19(17-35)29-25-23-21(27)16-28-24(23)31-26(32-25)30-18-7-9-20(10-8-18)34-14-12-33(2)13-15-34/h3,5,7-10,16,19H,4,6,11-15,17H2,1-2H3,(H3,28,29,30,31,32)/b5-3+. The lowest BCUT2D eigenvalue weighted by molar-refractivity contribution is -0.127. The van der Waals surface area contributed by atoms with Crippen molar-refractivity contribution < 1.29 is 4.79 Å². The average molecular weight is 509 g/mol. The van der Waals surface area contributed by atoms with Crippen molar-refractivity contribution in [3.8, 4) is 0 Å². The first-order valence-corrected chi connectivity index (χ1v) is 12.9. The summed E-state index contributed by atoms with van der Waals surface area (Å²) in [6.07, 6.45) is 7.00. The van der Waals surface area contributed by atoms with E-state index in [2.05, 4.69) is 61.7 Å². The summed E-state index contributed by atoms with van der Waals surface area (Å²) < 4.78 is 0. The van der Waals surface area contributed by atoms with E-state index < -0.39 is 0 Å². The monoisotopic (exact) mass is 508 g/mol. The Kier molecular flexibility index (Phi) is 7.29. The number of allylic oxidation sites excluding steroid dienone is 1. The predicted molar refractivity (Wildman–Crippen MR) is 146 cm³/mol. The Bertz CT molecular complexity index is 1230. The van der Waals surface area contributed by atoms with Crippen LogP contribution in [0.15, 0.2) is 42.6 Å². The number of carbonyl (C=O) groups is 1. The largest absolute Gasteiger partial charge is 0.369 e. The second kappa shape index (κ2) is 10.8. The number of amides is 1. The van der Waals surface area contributed by atoms with Gasteiger partial charge in [-0.15, -0.1) is 0 Å². The summed E-state index contributed by atoms with van der Waals surface area (Å²) in [7, 11) is 2.16. The summed E-state index contributed by atoms with van der Waals surface area (Å²) in [5, 5.41) is 8.19. The van der Waals surface area contributed by atoms with Crippen LogP contribution < -0.4 is 15.5 Å². The van der Waals surface area contributed by atoms with Gasteiger partial charge in [0.05, 0.1) is 10.4 Å². The normalized spacial score (nSPS) is 19.2. The highest BCUT2D eigenvalue weighted by Gasteiger charge is 2.24. The zero-order valence-corrected chi connectivity index (χ0v) is 21.6. The lowest BCUT2D eigenvalue weighted by Crippen LogP contribution is -2.44. The van der Waals surface area contributed by atoms with Gasteiger partial charge in [-0.25, -0.2) is 0 Å². The van der Waals surface area contributed by atoms with Crippen molar-refractivity contribution >= 4 is 51.7 Å². The second-order valence-corrected chi connectivity index (χ2v) is 9.89. The van der Waals surface area contributed by atoms with E-state index in [-0.39, 0.29) is 11.9 Å². The fourth-order valence-corrected chi connectivity index (χ4v) is 5.08. The number of piperidine rings is 1. The molecule has 1 unspecified atom stereocenters. The molecule has 190 valence electrons. The molecule has 1 atom stereocenters. The van der Waals surface area contributed by atoms with Crippen molar-refractivity contribution in [1.82, 2.24) is 24.8 Å². The van der Waals surface area contributed by atoms with Crippen molar-refractivity contribution in [2.24, 2.45) is 0 Å². The van der Waals surface area contributed by atoms with Gasteiger partial charge in [0.15, 0.2) is 0 Å². The quantitative estimate of drug-likeness (QED) is 0.432. The molecular weight excluding hydrogens is 476 g/mol. The molecule has 4 heterocycles. The SMILES string of the molecule is C/C=C/C(=O)N1CCCC(Nc2nc(Nc3ccc(N4CCN(C)CC4)cc3)nc3[nH]cc(Cl)c23)C1. The Morgan fingerprint density at radius 2 is 1.92 bits per heavy atom. The van der Waals surface area contributed by atoms with Gasteiger partial charge in [-0.2, -0.15) is 9.97 Å². The Hall–Kier alpha value is -3.30. The summed E-state index contributed by atoms with van der Waals surface area (Å²) in [4.78, 5) is 31.6. The minimum absolute atomic E-state index is 0.0406. The van der Waals surface area contributed by atoms with Crippen molar-refractivity contribution in [3.63, 3.8) is 0 Å². The first-order valence-electron chi connectivity index (χ1n) is 12.5. The zero-order chi connectivity index (χ0) is 25.1. The van der Waals surface area contributed by atoms with Crippen LogP contribution in [0, 0.1) is 0 Å². The molecule has 2 aromatic heterocycles. The number of anilines is 4. The molecule has 1 amide bonds. The number of fused-ring (bicyclic) bond motifs is 1. The first-order chi connectivity index (χ1) is 17.5. The van der Waals surface area contributed by atoms with Gasteiger partial charge in [0.2, 0.25) is 11.9 Å². The van der Waals surface area contributed by atoms with Crippen LogP contribution in [-0.4, -0.2) is 83.0 Å². The van der Waals surface area contributed by atoms with Crippen LogP contribution in [0.2, 0.25) is 5.02 Å². The number of hydrogen-bond donors (Lipinski definition) is 3. The number of likely N-dealkylation sites (N-methyl/N-ethyl adjacent to an activating group) is 1. The van der Waals surface area contributed by atoms with Gasteiger partial charge < -0.3 is 30.3 Å². The number of carbonyl (C=O) groups excluding carboxylic acids is 1. The third-order valence-corrected chi connectivity index (χ3v) is 7.16. The number of halogens is 1. The van der Waals surface area contributed by atoms with Gasteiger partial charge in [-0.1, -0.05) is 17.7 Å². The minimum atomic E-state index is 0.0406. The molecule has 9 nitrogen and oxygen atoms in total. The maximum Gasteiger partial charge on any atom is 0.246 e. The fraction of sp³-hybridized carbons (Fsp3) is 0.423. The number of benzene rings is 1. The number of rotatable bonds is 6. The van der Waals surface area contributed by atoms with Crippen LogP contribution >= 0.6 is 11.6 Å². The minimum Gasteiger partial charge on any atom is -0.369 e. The average Bonchev–Trinajstić information content (AvgIpc) is 3.26. The van der Waals surface area contributed by atoms with Gasteiger partial charge in [-0.3, -0.25) is 4.79 Å². The molecule has 2 aliphatic heterocycles. The molecule has 10 heteroatoms. The van der Waals surface area contributed by atoms with Crippen molar-refractivity contribution in [3.05, 3.63) is 47.6 Å². The number of likely N-dealkylation sites (tertiary alicyclic amines) is 1. The summed E-state index contributed by atoms with van der Waals surface area (Å²) in [5.41, 5.74) is 2.79. The molecule has 2 aliphatic rings. The molecule has 0 saturated carbocycles. The van der Waals surface area contributed by atoms with Crippen molar-refractivity contribution in [2.75, 3.05) is 61.8 Å². The number of aromatic nitrogens is 3. The smallest absolute Gasteiger partial charge is 0.246 e. The molecule has 3 N–H and O–H groups in total. The Morgan fingerprint density at radius 3 is 2.67 bits per heavy atom. The van der Waals surface area contributed by atoms with E-state index in [1.54, 1.807) is 18.3 Å². The third-order valence-electron chi connectivity index (χ3n) is 6.86. The summed E-state index contributed by atoms with van der Waals surface area (Å²) in [6.45, 7) is 7.46. The molecule has 36 heavy (non-hydrogen) atoms. The lowest BCUT2D eigenvalue weighted by Gasteiger charge is -2.34. The summed E-state index contributed by atoms with van der Waals surface area (Å²) in [6, 6.07) is 8.46. The van der Waals surface area contributed by atoms with Crippen LogP contribution in [0.5, 0.6) is 0 Å². The number of nitrogens with zero attached hydrogens (tertiary/aromatic N) is 5. The van der Waals surface area contributed by atoms with Gasteiger partial charge in [0.25, 0.3) is 0 Å². The Labute approximate surface area is 216 Å². The van der Waals surface area contributed by atoms with Gasteiger partial charge >= 0.3 is 0 Å². The van der Waals surface area contributed by atoms with Gasteiger partial charge in [0.1, 0.15) is 11.5 Å². The third kappa shape index (κ3) is 5.42. The maximum absolute atomic E-state index is 12.4. The lowest BCUT2D eigenvalue weighted by atomic mass is 10.1. The molecule has 0 bridgehead atoms. The van der Waals surface area contributed by atoms with Crippen LogP contribution in [0.3, 0.4) is 0 Å². The van der Waals surface area contributed by atoms with E-state index in [0.717, 1.165) is 56.6 Å². The van der Waals surface area contributed by atoms with Crippen LogP contribution in [0.4, 0.5) is 23.1 Å². The highest BCUT2D eigenvalue weighted by Crippen LogP contribution is 2.31. The molecule has 3 aromatic rings. The molecule has 0 radical (unpaired) electrons. The number of H-pyrrole nitrogens is 1. The number of hydrogen-bond acceptors (Lipinski definition) is 7. The number of aromatic amines is 1. The first kappa shape index (κ1) is 24.4. The molecule has 2 saturated heterocycles. The van der Waals surface area contributed by atoms with Crippen molar-refractivity contribution in [2.45, 2.75) is 25.8 Å². The molecule has 1 aromatic carbocycles. The molecular formula is C26H33ClN8O. The Balaban J connectivity index is 1.33. The summed E-state index contributed by atoms with van der Waals surface area (Å²) in [5.74, 6) is 1.18. The number of piperazine rings is 1. The predicted octanol–water partition coefficient (Wildman–Crippen LogP) is 4.09. The molecule has 0 spiro atoms. The highest BCUT2D eigenvalue weighted by atomic mass is 35.5. The van der Waals surface area contributed by atoms with E-state index in [1.807, 2.05) is 11.8 Å². The maximum atomic E-state index is 12.4. The zero-order valence-electron chi connectivity index (χ0n) is 20.8. The summed E-state index contributed by atoms with van der Waals surface area (Å²) >= 11 is 6.48. The van der Waals surface area contributed by atoms with Crippen molar-refractivity contribution in [1.29, 1.82) is 0 Å². The van der Waals surface area contributed by atoms with E-state index in [1.165, 1.54) is 5.69 Å². The molecule has 5 rings (SSSR count). The van der Waals surface area contributed by atoms with E-state index in [0.29, 0.717) is 29.0 Å². The molecule has 2 fully saturated rings. The highest BCUT2D eigenvalue weighted by molar-refractivity contribution is 6.36. The van der Waals surface area contributed by atoms with Gasteiger partial charge in [0, 0.05) is 62.9 Å².